The lowest BCUT2D eigenvalue weighted by Gasteiger charge is -2.24. The zero-order chi connectivity index (χ0) is 14.6. The summed E-state index contributed by atoms with van der Waals surface area (Å²) in [5.74, 6) is 1.75. The Morgan fingerprint density at radius 2 is 1.89 bits per heavy atom. The van der Waals surface area contributed by atoms with Crippen molar-refractivity contribution >= 4 is 11.6 Å². The van der Waals surface area contributed by atoms with Crippen molar-refractivity contribution < 1.29 is 9.53 Å². The van der Waals surface area contributed by atoms with Gasteiger partial charge in [-0.15, -0.1) is 0 Å². The lowest BCUT2D eigenvalue weighted by atomic mass is 10.0. The Labute approximate surface area is 116 Å². The van der Waals surface area contributed by atoms with E-state index in [9.17, 15) is 4.79 Å². The van der Waals surface area contributed by atoms with Gasteiger partial charge in [-0.25, -0.2) is 0 Å². The predicted octanol–water partition coefficient (Wildman–Crippen LogP) is 3.83. The van der Waals surface area contributed by atoms with Crippen LogP contribution in [0.5, 0.6) is 5.75 Å². The first kappa shape index (κ1) is 15.5. The number of hydrogen-bond donors (Lipinski definition) is 0. The quantitative estimate of drug-likeness (QED) is 0.808. The molecule has 0 N–H and O–H groups in total. The topological polar surface area (TPSA) is 29.5 Å². The number of carbonyl (C=O) groups is 1. The Morgan fingerprint density at radius 3 is 2.32 bits per heavy atom. The molecule has 0 aromatic heterocycles. The van der Waals surface area contributed by atoms with Crippen molar-refractivity contribution in [3.63, 3.8) is 0 Å². The SMILES string of the molecule is COc1cc(N(CC(C)C)C(C)=O)ccc1C(C)C. The highest BCUT2D eigenvalue weighted by atomic mass is 16.5. The van der Waals surface area contributed by atoms with E-state index in [0.29, 0.717) is 11.8 Å². The van der Waals surface area contributed by atoms with Crippen LogP contribution < -0.4 is 9.64 Å². The molecule has 0 heterocycles. The van der Waals surface area contributed by atoms with Crippen molar-refractivity contribution in [2.75, 3.05) is 18.6 Å². The van der Waals surface area contributed by atoms with E-state index in [-0.39, 0.29) is 5.91 Å². The highest BCUT2D eigenvalue weighted by Gasteiger charge is 2.16. The second-order valence-electron chi connectivity index (χ2n) is 5.60. The largest absolute Gasteiger partial charge is 0.496 e. The molecule has 3 nitrogen and oxygen atoms in total. The maximum atomic E-state index is 11.8. The van der Waals surface area contributed by atoms with Gasteiger partial charge in [0.2, 0.25) is 5.91 Å². The summed E-state index contributed by atoms with van der Waals surface area (Å²) in [4.78, 5) is 13.6. The minimum Gasteiger partial charge on any atom is -0.496 e. The predicted molar refractivity (Wildman–Crippen MR) is 79.9 cm³/mol. The Bertz CT molecular complexity index is 438. The molecular weight excluding hydrogens is 238 g/mol. The molecule has 0 bridgehead atoms. The van der Waals surface area contributed by atoms with Crippen LogP contribution in [0.25, 0.3) is 0 Å². The fraction of sp³-hybridized carbons (Fsp3) is 0.562. The zero-order valence-electron chi connectivity index (χ0n) is 12.9. The van der Waals surface area contributed by atoms with E-state index in [1.54, 1.807) is 18.9 Å². The molecular formula is C16H25NO2. The summed E-state index contributed by atoms with van der Waals surface area (Å²) >= 11 is 0. The van der Waals surface area contributed by atoms with E-state index in [0.717, 1.165) is 18.0 Å². The van der Waals surface area contributed by atoms with Crippen LogP contribution in [0, 0.1) is 5.92 Å². The molecule has 1 amide bonds. The van der Waals surface area contributed by atoms with Crippen molar-refractivity contribution in [3.05, 3.63) is 23.8 Å². The summed E-state index contributed by atoms with van der Waals surface area (Å²) < 4.78 is 5.44. The van der Waals surface area contributed by atoms with Crippen LogP contribution in [0.3, 0.4) is 0 Å². The summed E-state index contributed by atoms with van der Waals surface area (Å²) in [6.07, 6.45) is 0. The Balaban J connectivity index is 3.15. The normalized spacial score (nSPS) is 10.9. The molecule has 0 fully saturated rings. The van der Waals surface area contributed by atoms with Crippen molar-refractivity contribution in [2.24, 2.45) is 5.92 Å². The molecule has 0 saturated carbocycles. The second kappa shape index (κ2) is 6.60. The maximum Gasteiger partial charge on any atom is 0.223 e. The second-order valence-corrected chi connectivity index (χ2v) is 5.60. The van der Waals surface area contributed by atoms with Crippen molar-refractivity contribution in [2.45, 2.75) is 40.5 Å². The van der Waals surface area contributed by atoms with Gasteiger partial charge in [0.15, 0.2) is 0 Å². The van der Waals surface area contributed by atoms with Crippen LogP contribution in [-0.2, 0) is 4.79 Å². The lowest BCUT2D eigenvalue weighted by Crippen LogP contribution is -2.32. The van der Waals surface area contributed by atoms with Crippen LogP contribution in [0.1, 0.15) is 46.1 Å². The van der Waals surface area contributed by atoms with Crippen LogP contribution in [0.15, 0.2) is 18.2 Å². The molecule has 3 heteroatoms. The third-order valence-corrected chi connectivity index (χ3v) is 3.08. The third-order valence-electron chi connectivity index (χ3n) is 3.08. The van der Waals surface area contributed by atoms with Gasteiger partial charge in [0.1, 0.15) is 5.75 Å². The summed E-state index contributed by atoms with van der Waals surface area (Å²) in [5, 5.41) is 0. The summed E-state index contributed by atoms with van der Waals surface area (Å²) in [6.45, 7) is 10.8. The maximum absolute atomic E-state index is 11.8. The fourth-order valence-corrected chi connectivity index (χ4v) is 2.13. The molecule has 106 valence electrons. The molecule has 0 spiro atoms. The van der Waals surface area contributed by atoms with Crippen LogP contribution in [0.4, 0.5) is 5.69 Å². The number of carbonyl (C=O) groups excluding carboxylic acids is 1. The summed E-state index contributed by atoms with van der Waals surface area (Å²) in [6, 6.07) is 6.01. The van der Waals surface area contributed by atoms with Crippen LogP contribution in [0.2, 0.25) is 0 Å². The van der Waals surface area contributed by atoms with Gasteiger partial charge in [-0.2, -0.15) is 0 Å². The first-order valence-corrected chi connectivity index (χ1v) is 6.82. The number of amides is 1. The van der Waals surface area contributed by atoms with Gasteiger partial charge in [0, 0.05) is 25.2 Å². The van der Waals surface area contributed by atoms with Gasteiger partial charge >= 0.3 is 0 Å². The van der Waals surface area contributed by atoms with E-state index in [1.807, 2.05) is 12.1 Å². The number of hydrogen-bond acceptors (Lipinski definition) is 2. The van der Waals surface area contributed by atoms with Gasteiger partial charge in [0.05, 0.1) is 7.11 Å². The first-order chi connectivity index (χ1) is 8.86. The molecule has 0 aliphatic rings. The zero-order valence-corrected chi connectivity index (χ0v) is 12.9. The molecule has 19 heavy (non-hydrogen) atoms. The Kier molecular flexibility index (Phi) is 5.40. The standard InChI is InChI=1S/C16H25NO2/c1-11(2)10-17(13(5)18)14-7-8-15(12(3)4)16(9-14)19-6/h7-9,11-12H,10H2,1-6H3. The minimum atomic E-state index is 0.0630. The van der Waals surface area contributed by atoms with E-state index in [1.165, 1.54) is 5.56 Å². The van der Waals surface area contributed by atoms with Crippen molar-refractivity contribution in [1.82, 2.24) is 0 Å². The average molecular weight is 263 g/mol. The number of benzene rings is 1. The molecule has 1 rings (SSSR count). The Morgan fingerprint density at radius 1 is 1.26 bits per heavy atom. The molecule has 1 aromatic carbocycles. The molecule has 0 saturated heterocycles. The number of rotatable bonds is 5. The Hall–Kier alpha value is -1.51. The van der Waals surface area contributed by atoms with Crippen molar-refractivity contribution in [1.29, 1.82) is 0 Å². The molecule has 1 aromatic rings. The summed E-state index contributed by atoms with van der Waals surface area (Å²) in [5.41, 5.74) is 2.07. The molecule has 0 radical (unpaired) electrons. The molecule has 0 atom stereocenters. The van der Waals surface area contributed by atoms with Crippen molar-refractivity contribution in [3.8, 4) is 5.75 Å². The third kappa shape index (κ3) is 3.98. The number of anilines is 1. The number of ether oxygens (including phenoxy) is 1. The fourth-order valence-electron chi connectivity index (χ4n) is 2.13. The van der Waals surface area contributed by atoms with Gasteiger partial charge in [-0.05, 0) is 23.5 Å². The summed E-state index contributed by atoms with van der Waals surface area (Å²) in [7, 11) is 1.67. The molecule has 0 unspecified atom stereocenters. The van der Waals surface area contributed by atoms with Gasteiger partial charge in [-0.3, -0.25) is 4.79 Å². The smallest absolute Gasteiger partial charge is 0.223 e. The number of methoxy groups -OCH3 is 1. The highest BCUT2D eigenvalue weighted by molar-refractivity contribution is 5.91. The van der Waals surface area contributed by atoms with E-state index >= 15 is 0 Å². The molecule has 0 aliphatic heterocycles. The van der Waals surface area contributed by atoms with Crippen LogP contribution in [-0.4, -0.2) is 19.6 Å². The highest BCUT2D eigenvalue weighted by Crippen LogP contribution is 2.31. The lowest BCUT2D eigenvalue weighted by molar-refractivity contribution is -0.116. The van der Waals surface area contributed by atoms with Gasteiger partial charge in [-0.1, -0.05) is 33.8 Å². The van der Waals surface area contributed by atoms with E-state index in [2.05, 4.69) is 33.8 Å². The minimum absolute atomic E-state index is 0.0630. The van der Waals surface area contributed by atoms with Gasteiger partial charge in [0.25, 0.3) is 0 Å². The van der Waals surface area contributed by atoms with E-state index < -0.39 is 0 Å². The molecule has 0 aliphatic carbocycles. The monoisotopic (exact) mass is 263 g/mol. The average Bonchev–Trinajstić information content (AvgIpc) is 2.34. The van der Waals surface area contributed by atoms with E-state index in [4.69, 9.17) is 4.74 Å². The number of nitrogens with zero attached hydrogens (tertiary/aromatic N) is 1. The first-order valence-electron chi connectivity index (χ1n) is 6.82. The van der Waals surface area contributed by atoms with Gasteiger partial charge < -0.3 is 9.64 Å². The van der Waals surface area contributed by atoms with Crippen LogP contribution >= 0.6 is 0 Å².